The molecule has 0 amide bonds. The number of rotatable bonds is 6. The third-order valence-electron chi connectivity index (χ3n) is 2.25. The number of nitrogens with zero attached hydrogens (tertiary/aromatic N) is 1. The molecule has 0 radical (unpaired) electrons. The summed E-state index contributed by atoms with van der Waals surface area (Å²) in [5.74, 6) is 1.12. The first-order valence-corrected chi connectivity index (χ1v) is 7.55. The molecule has 0 unspecified atom stereocenters. The Bertz CT molecular complexity index is 440. The SMILES string of the molecule is Cc1csc(SCCCNc2ccccc2)n1. The van der Waals surface area contributed by atoms with Crippen LogP contribution in [0.4, 0.5) is 5.69 Å². The van der Waals surface area contributed by atoms with Gasteiger partial charge in [0.15, 0.2) is 0 Å². The second kappa shape index (κ2) is 6.67. The minimum Gasteiger partial charge on any atom is -0.385 e. The standard InChI is InChI=1S/C13H16N2S2/c1-11-10-17-13(15-11)16-9-5-8-14-12-6-3-2-4-7-12/h2-4,6-7,10,14H,5,8-9H2,1H3. The Labute approximate surface area is 110 Å². The fraction of sp³-hybridized carbons (Fsp3) is 0.308. The quantitative estimate of drug-likeness (QED) is 0.629. The van der Waals surface area contributed by atoms with Crippen LogP contribution >= 0.6 is 23.1 Å². The van der Waals surface area contributed by atoms with Crippen LogP contribution in [0.2, 0.25) is 0 Å². The maximum atomic E-state index is 4.43. The summed E-state index contributed by atoms with van der Waals surface area (Å²) in [5.41, 5.74) is 2.32. The summed E-state index contributed by atoms with van der Waals surface area (Å²) < 4.78 is 1.18. The van der Waals surface area contributed by atoms with Gasteiger partial charge in [-0.3, -0.25) is 0 Å². The molecule has 1 heterocycles. The van der Waals surface area contributed by atoms with Crippen molar-refractivity contribution in [2.24, 2.45) is 0 Å². The van der Waals surface area contributed by atoms with Gasteiger partial charge in [0, 0.05) is 29.1 Å². The Morgan fingerprint density at radius 2 is 2.12 bits per heavy atom. The molecule has 1 aromatic heterocycles. The molecular formula is C13H16N2S2. The van der Waals surface area contributed by atoms with Gasteiger partial charge in [0.05, 0.1) is 0 Å². The van der Waals surface area contributed by atoms with Crippen LogP contribution in [0.15, 0.2) is 40.1 Å². The monoisotopic (exact) mass is 264 g/mol. The molecular weight excluding hydrogens is 248 g/mol. The molecule has 0 aliphatic rings. The summed E-state index contributed by atoms with van der Waals surface area (Å²) in [4.78, 5) is 4.43. The number of aryl methyl sites for hydroxylation is 1. The van der Waals surface area contributed by atoms with Gasteiger partial charge in [0.2, 0.25) is 0 Å². The molecule has 0 atom stereocenters. The maximum absolute atomic E-state index is 4.43. The van der Waals surface area contributed by atoms with Gasteiger partial charge in [-0.15, -0.1) is 11.3 Å². The lowest BCUT2D eigenvalue weighted by atomic mass is 10.3. The first kappa shape index (κ1) is 12.5. The Morgan fingerprint density at radius 3 is 2.82 bits per heavy atom. The van der Waals surface area contributed by atoms with Crippen molar-refractivity contribution in [1.82, 2.24) is 4.98 Å². The normalized spacial score (nSPS) is 10.4. The molecule has 17 heavy (non-hydrogen) atoms. The van der Waals surface area contributed by atoms with E-state index in [4.69, 9.17) is 0 Å². The summed E-state index contributed by atoms with van der Waals surface area (Å²) in [6, 6.07) is 10.3. The highest BCUT2D eigenvalue weighted by Crippen LogP contribution is 2.22. The summed E-state index contributed by atoms with van der Waals surface area (Å²) >= 11 is 3.58. The third-order valence-corrected chi connectivity index (χ3v) is 4.47. The molecule has 0 fully saturated rings. The summed E-state index contributed by atoms with van der Waals surface area (Å²) in [5, 5.41) is 5.51. The van der Waals surface area contributed by atoms with Gasteiger partial charge >= 0.3 is 0 Å². The van der Waals surface area contributed by atoms with E-state index in [1.165, 1.54) is 10.0 Å². The van der Waals surface area contributed by atoms with Crippen molar-refractivity contribution in [1.29, 1.82) is 0 Å². The molecule has 0 spiro atoms. The van der Waals surface area contributed by atoms with E-state index in [0.29, 0.717) is 0 Å². The van der Waals surface area contributed by atoms with Crippen LogP contribution in [0.5, 0.6) is 0 Å². The van der Waals surface area contributed by atoms with E-state index in [0.717, 1.165) is 24.4 Å². The van der Waals surface area contributed by atoms with Crippen LogP contribution in [0.25, 0.3) is 0 Å². The van der Waals surface area contributed by atoms with Crippen molar-refractivity contribution in [3.63, 3.8) is 0 Å². The highest BCUT2D eigenvalue weighted by atomic mass is 32.2. The fourth-order valence-electron chi connectivity index (χ4n) is 1.42. The predicted octanol–water partition coefficient (Wildman–Crippen LogP) is 4.05. The lowest BCUT2D eigenvalue weighted by molar-refractivity contribution is 0.990. The maximum Gasteiger partial charge on any atom is 0.150 e. The number of hydrogen-bond acceptors (Lipinski definition) is 4. The number of anilines is 1. The number of para-hydroxylation sites is 1. The van der Waals surface area contributed by atoms with E-state index in [2.05, 4.69) is 39.9 Å². The summed E-state index contributed by atoms with van der Waals surface area (Å²) in [6.07, 6.45) is 1.15. The largest absolute Gasteiger partial charge is 0.385 e. The Morgan fingerprint density at radius 1 is 1.29 bits per heavy atom. The van der Waals surface area contributed by atoms with Gasteiger partial charge < -0.3 is 5.32 Å². The number of aromatic nitrogens is 1. The topological polar surface area (TPSA) is 24.9 Å². The molecule has 1 N–H and O–H groups in total. The van der Waals surface area contributed by atoms with Crippen molar-refractivity contribution >= 4 is 28.8 Å². The van der Waals surface area contributed by atoms with Crippen molar-refractivity contribution < 1.29 is 0 Å². The summed E-state index contributed by atoms with van der Waals surface area (Å²) in [6.45, 7) is 3.05. The second-order valence-electron chi connectivity index (χ2n) is 3.75. The number of benzene rings is 1. The van der Waals surface area contributed by atoms with E-state index >= 15 is 0 Å². The van der Waals surface area contributed by atoms with Gasteiger partial charge in [-0.1, -0.05) is 30.0 Å². The van der Waals surface area contributed by atoms with E-state index < -0.39 is 0 Å². The molecule has 90 valence electrons. The Kier molecular flexibility index (Phi) is 4.88. The minimum absolute atomic E-state index is 1.02. The van der Waals surface area contributed by atoms with Gasteiger partial charge in [-0.2, -0.15) is 0 Å². The van der Waals surface area contributed by atoms with Crippen LogP contribution < -0.4 is 5.32 Å². The molecule has 0 aliphatic carbocycles. The molecule has 2 rings (SSSR count). The van der Waals surface area contributed by atoms with Crippen LogP contribution in [0, 0.1) is 6.92 Å². The zero-order valence-corrected chi connectivity index (χ0v) is 11.5. The average molecular weight is 264 g/mol. The molecule has 0 saturated heterocycles. The lowest BCUT2D eigenvalue weighted by Gasteiger charge is -2.04. The molecule has 4 heteroatoms. The van der Waals surface area contributed by atoms with Gasteiger partial charge in [-0.05, 0) is 25.5 Å². The average Bonchev–Trinajstić information content (AvgIpc) is 2.76. The van der Waals surface area contributed by atoms with Crippen molar-refractivity contribution in [3.8, 4) is 0 Å². The minimum atomic E-state index is 1.02. The Hall–Kier alpha value is -1.00. The van der Waals surface area contributed by atoms with E-state index in [1.807, 2.05) is 24.8 Å². The van der Waals surface area contributed by atoms with Crippen molar-refractivity contribution in [2.75, 3.05) is 17.6 Å². The number of hydrogen-bond donors (Lipinski definition) is 1. The molecule has 1 aromatic carbocycles. The van der Waals surface area contributed by atoms with E-state index in [-0.39, 0.29) is 0 Å². The van der Waals surface area contributed by atoms with E-state index in [9.17, 15) is 0 Å². The molecule has 0 bridgehead atoms. The van der Waals surface area contributed by atoms with Crippen LogP contribution in [-0.2, 0) is 0 Å². The van der Waals surface area contributed by atoms with E-state index in [1.54, 1.807) is 11.3 Å². The van der Waals surface area contributed by atoms with Crippen molar-refractivity contribution in [2.45, 2.75) is 17.7 Å². The fourth-order valence-corrected chi connectivity index (χ4v) is 3.28. The third kappa shape index (κ3) is 4.40. The van der Waals surface area contributed by atoms with Crippen molar-refractivity contribution in [3.05, 3.63) is 41.4 Å². The zero-order valence-electron chi connectivity index (χ0n) is 9.85. The smallest absolute Gasteiger partial charge is 0.150 e. The number of thioether (sulfide) groups is 1. The molecule has 2 nitrogen and oxygen atoms in total. The first-order valence-electron chi connectivity index (χ1n) is 5.68. The highest BCUT2D eigenvalue weighted by molar-refractivity contribution is 8.00. The second-order valence-corrected chi connectivity index (χ2v) is 5.95. The zero-order chi connectivity index (χ0) is 11.9. The van der Waals surface area contributed by atoms with Crippen LogP contribution in [0.1, 0.15) is 12.1 Å². The predicted molar refractivity (Wildman–Crippen MR) is 77.1 cm³/mol. The first-order chi connectivity index (χ1) is 8.34. The Balaban J connectivity index is 1.61. The summed E-state index contributed by atoms with van der Waals surface area (Å²) in [7, 11) is 0. The molecule has 0 aliphatic heterocycles. The molecule has 2 aromatic rings. The highest BCUT2D eigenvalue weighted by Gasteiger charge is 1.98. The van der Waals surface area contributed by atoms with Crippen LogP contribution in [0.3, 0.4) is 0 Å². The number of nitrogens with one attached hydrogen (secondary N) is 1. The number of thiazole rings is 1. The lowest BCUT2D eigenvalue weighted by Crippen LogP contribution is -2.01. The van der Waals surface area contributed by atoms with Gasteiger partial charge in [0.1, 0.15) is 4.34 Å². The van der Waals surface area contributed by atoms with Gasteiger partial charge in [-0.25, -0.2) is 4.98 Å². The molecule has 0 saturated carbocycles. The van der Waals surface area contributed by atoms with Gasteiger partial charge in [0.25, 0.3) is 0 Å². The van der Waals surface area contributed by atoms with Crippen LogP contribution in [-0.4, -0.2) is 17.3 Å².